The van der Waals surface area contributed by atoms with Gasteiger partial charge in [0.2, 0.25) is 5.88 Å². The first-order valence-electron chi connectivity index (χ1n) is 7.07. The Morgan fingerprint density at radius 1 is 1.24 bits per heavy atom. The third-order valence-electron chi connectivity index (χ3n) is 2.96. The van der Waals surface area contributed by atoms with Gasteiger partial charge < -0.3 is 34.5 Å². The molecule has 0 amide bonds. The van der Waals surface area contributed by atoms with Gasteiger partial charge in [-0.25, -0.2) is 0 Å². The number of aliphatic hydroxyl groups excluding tert-OH is 1. The number of benzene rings is 1. The number of aromatic amines is 1. The summed E-state index contributed by atoms with van der Waals surface area (Å²) in [7, 11) is -4.37. The van der Waals surface area contributed by atoms with Crippen molar-refractivity contribution >= 4 is 7.60 Å². The fourth-order valence-corrected chi connectivity index (χ4v) is 2.20. The minimum atomic E-state index is -4.37. The van der Waals surface area contributed by atoms with Crippen LogP contribution in [0.2, 0.25) is 0 Å². The van der Waals surface area contributed by atoms with Crippen molar-refractivity contribution in [2.24, 2.45) is 0 Å². The molecule has 25 heavy (non-hydrogen) atoms. The average Bonchev–Trinajstić information content (AvgIpc) is 2.54. The van der Waals surface area contributed by atoms with E-state index in [2.05, 4.69) is 9.97 Å². The van der Waals surface area contributed by atoms with E-state index < -0.39 is 32.2 Å². The molecular formula is C14H17N2O8P. The Kier molecular flexibility index (Phi) is 6.29. The number of aliphatic hydroxyl groups is 1. The number of aromatic nitrogens is 2. The number of phenolic OH excluding ortho intramolecular Hbond substituents is 1. The molecule has 0 aliphatic carbocycles. The van der Waals surface area contributed by atoms with Crippen molar-refractivity contribution in [2.75, 3.05) is 19.6 Å². The summed E-state index contributed by atoms with van der Waals surface area (Å²) in [5.41, 5.74) is 0.0570. The Labute approximate surface area is 141 Å². The van der Waals surface area contributed by atoms with Crippen LogP contribution in [0.25, 0.3) is 11.4 Å². The van der Waals surface area contributed by atoms with Gasteiger partial charge in [-0.1, -0.05) is 0 Å². The quantitative estimate of drug-likeness (QED) is 0.402. The van der Waals surface area contributed by atoms with Crippen LogP contribution in [-0.4, -0.2) is 55.6 Å². The lowest BCUT2D eigenvalue weighted by Gasteiger charge is -2.16. The standard InChI is InChI=1S/C14H17N2O8P/c17-6-11(24-8-25(20,21)22)7-23-13-5-12(19)15-14(16-13)9-1-3-10(18)4-2-9/h1-5,11,17-18H,6-8H2,(H,15,16,19)(H2,20,21,22)/t11-/m1/s1. The molecule has 0 saturated heterocycles. The Balaban J connectivity index is 2.08. The Morgan fingerprint density at radius 3 is 2.52 bits per heavy atom. The van der Waals surface area contributed by atoms with E-state index in [-0.39, 0.29) is 24.1 Å². The number of aromatic hydroxyl groups is 1. The van der Waals surface area contributed by atoms with E-state index in [4.69, 9.17) is 24.4 Å². The van der Waals surface area contributed by atoms with Crippen molar-refractivity contribution in [3.63, 3.8) is 0 Å². The van der Waals surface area contributed by atoms with E-state index in [9.17, 15) is 14.5 Å². The molecule has 10 nitrogen and oxygen atoms in total. The second-order valence-electron chi connectivity index (χ2n) is 5.06. The summed E-state index contributed by atoms with van der Waals surface area (Å²) in [5.74, 6) is 0.218. The van der Waals surface area contributed by atoms with Gasteiger partial charge in [0.05, 0.1) is 12.7 Å². The first-order valence-corrected chi connectivity index (χ1v) is 8.87. The molecule has 2 rings (SSSR count). The highest BCUT2D eigenvalue weighted by molar-refractivity contribution is 7.51. The molecule has 0 radical (unpaired) electrons. The second kappa shape index (κ2) is 8.24. The molecule has 1 aromatic heterocycles. The number of rotatable bonds is 8. The Bertz CT molecular complexity index is 801. The summed E-state index contributed by atoms with van der Waals surface area (Å²) in [6.07, 6.45) is -1.85. The highest BCUT2D eigenvalue weighted by Crippen LogP contribution is 2.34. The largest absolute Gasteiger partial charge is 0.508 e. The van der Waals surface area contributed by atoms with Crippen LogP contribution in [0.3, 0.4) is 0 Å². The molecule has 1 aromatic carbocycles. The number of hydrogen-bond donors (Lipinski definition) is 5. The number of ether oxygens (including phenoxy) is 2. The third kappa shape index (κ3) is 6.29. The molecule has 136 valence electrons. The molecular weight excluding hydrogens is 355 g/mol. The summed E-state index contributed by atoms with van der Waals surface area (Å²) in [5, 5.41) is 18.4. The van der Waals surface area contributed by atoms with Gasteiger partial charge in [-0.05, 0) is 24.3 Å². The summed E-state index contributed by atoms with van der Waals surface area (Å²) in [4.78, 5) is 35.8. The van der Waals surface area contributed by atoms with E-state index in [1.54, 1.807) is 12.1 Å². The maximum Gasteiger partial charge on any atom is 0.350 e. The lowest BCUT2D eigenvalue weighted by molar-refractivity contribution is 0.000461. The fourth-order valence-electron chi connectivity index (χ4n) is 1.80. The molecule has 0 aliphatic heterocycles. The van der Waals surface area contributed by atoms with Crippen LogP contribution in [0.1, 0.15) is 0 Å². The van der Waals surface area contributed by atoms with Gasteiger partial charge in [-0.2, -0.15) is 4.98 Å². The first-order chi connectivity index (χ1) is 11.8. The van der Waals surface area contributed by atoms with Crippen molar-refractivity contribution in [3.05, 3.63) is 40.7 Å². The lowest BCUT2D eigenvalue weighted by atomic mass is 10.2. The lowest BCUT2D eigenvalue weighted by Crippen LogP contribution is -2.26. The second-order valence-corrected chi connectivity index (χ2v) is 6.64. The number of nitrogens with one attached hydrogen (secondary N) is 1. The number of H-pyrrole nitrogens is 1. The van der Waals surface area contributed by atoms with Crippen LogP contribution in [0, 0.1) is 0 Å². The normalized spacial score (nSPS) is 12.8. The predicted octanol–water partition coefficient (Wildman–Crippen LogP) is 0.0340. The molecule has 1 atom stereocenters. The van der Waals surface area contributed by atoms with E-state index in [0.29, 0.717) is 5.56 Å². The molecule has 0 saturated carbocycles. The van der Waals surface area contributed by atoms with Gasteiger partial charge in [-0.15, -0.1) is 0 Å². The van der Waals surface area contributed by atoms with Crippen molar-refractivity contribution in [1.82, 2.24) is 9.97 Å². The van der Waals surface area contributed by atoms with Crippen LogP contribution in [0.5, 0.6) is 11.6 Å². The molecule has 0 aliphatic rings. The van der Waals surface area contributed by atoms with E-state index in [1.807, 2.05) is 0 Å². The van der Waals surface area contributed by atoms with Gasteiger partial charge in [0, 0.05) is 5.56 Å². The van der Waals surface area contributed by atoms with Crippen LogP contribution in [0.4, 0.5) is 0 Å². The summed E-state index contributed by atoms with van der Waals surface area (Å²) >= 11 is 0. The minimum Gasteiger partial charge on any atom is -0.508 e. The summed E-state index contributed by atoms with van der Waals surface area (Å²) in [6.45, 7) is -0.796. The number of phenols is 1. The van der Waals surface area contributed by atoms with E-state index >= 15 is 0 Å². The molecule has 1 heterocycles. The van der Waals surface area contributed by atoms with Gasteiger partial charge in [0.25, 0.3) is 5.56 Å². The van der Waals surface area contributed by atoms with Crippen molar-refractivity contribution in [1.29, 1.82) is 0 Å². The fraction of sp³-hybridized carbons (Fsp3) is 0.286. The smallest absolute Gasteiger partial charge is 0.350 e. The van der Waals surface area contributed by atoms with Crippen LogP contribution in [-0.2, 0) is 9.30 Å². The van der Waals surface area contributed by atoms with Gasteiger partial charge in [0.1, 0.15) is 30.6 Å². The van der Waals surface area contributed by atoms with Gasteiger partial charge in [-0.3, -0.25) is 9.36 Å². The van der Waals surface area contributed by atoms with Crippen LogP contribution < -0.4 is 10.3 Å². The molecule has 2 aromatic rings. The van der Waals surface area contributed by atoms with E-state index in [1.165, 1.54) is 12.1 Å². The summed E-state index contributed by atoms with van der Waals surface area (Å²) < 4.78 is 20.9. The zero-order chi connectivity index (χ0) is 18.4. The molecule has 0 bridgehead atoms. The van der Waals surface area contributed by atoms with Gasteiger partial charge in [0.15, 0.2) is 0 Å². The third-order valence-corrected chi connectivity index (χ3v) is 3.44. The van der Waals surface area contributed by atoms with Crippen LogP contribution in [0.15, 0.2) is 35.1 Å². The van der Waals surface area contributed by atoms with E-state index in [0.717, 1.165) is 6.07 Å². The molecule has 0 fully saturated rings. The monoisotopic (exact) mass is 372 g/mol. The maximum atomic E-state index is 11.7. The van der Waals surface area contributed by atoms with Crippen molar-refractivity contribution < 1.29 is 34.0 Å². The van der Waals surface area contributed by atoms with Gasteiger partial charge >= 0.3 is 7.60 Å². The zero-order valence-electron chi connectivity index (χ0n) is 12.9. The first kappa shape index (κ1) is 19.1. The maximum absolute atomic E-state index is 11.7. The van der Waals surface area contributed by atoms with Crippen molar-refractivity contribution in [2.45, 2.75) is 6.10 Å². The molecule has 5 N–H and O–H groups in total. The SMILES string of the molecule is O=c1cc(OC[C@@H](CO)OCP(=O)(O)O)nc(-c2ccc(O)cc2)[nH]1. The van der Waals surface area contributed by atoms with Crippen molar-refractivity contribution in [3.8, 4) is 23.0 Å². The highest BCUT2D eigenvalue weighted by atomic mass is 31.2. The number of hydrogen-bond acceptors (Lipinski definition) is 7. The number of nitrogens with zero attached hydrogens (tertiary/aromatic N) is 1. The van der Waals surface area contributed by atoms with Crippen LogP contribution >= 0.6 is 7.60 Å². The predicted molar refractivity (Wildman–Crippen MR) is 86.3 cm³/mol. The minimum absolute atomic E-state index is 0.0509. The zero-order valence-corrected chi connectivity index (χ0v) is 13.8. The molecule has 0 unspecified atom stereocenters. The Morgan fingerprint density at radius 2 is 1.92 bits per heavy atom. The topological polar surface area (TPSA) is 162 Å². The highest BCUT2D eigenvalue weighted by Gasteiger charge is 2.18. The molecule has 0 spiro atoms. The Hall–Kier alpha value is -2.23. The average molecular weight is 372 g/mol. The molecule has 11 heteroatoms. The summed E-state index contributed by atoms with van der Waals surface area (Å²) in [6, 6.07) is 7.05.